The van der Waals surface area contributed by atoms with Crippen LogP contribution in [0.1, 0.15) is 26.6 Å². The van der Waals surface area contributed by atoms with Crippen molar-refractivity contribution in [2.75, 3.05) is 26.2 Å². The molecule has 1 N–H and O–H groups in total. The van der Waals surface area contributed by atoms with Crippen LogP contribution in [0, 0.1) is 6.92 Å². The number of hydrogen-bond acceptors (Lipinski definition) is 6. The van der Waals surface area contributed by atoms with Gasteiger partial charge in [0, 0.05) is 49.4 Å². The highest BCUT2D eigenvalue weighted by Gasteiger charge is 2.22. The van der Waals surface area contributed by atoms with Crippen molar-refractivity contribution in [3.63, 3.8) is 0 Å². The summed E-state index contributed by atoms with van der Waals surface area (Å²) in [4.78, 5) is 29.8. The van der Waals surface area contributed by atoms with Crippen LogP contribution in [0.4, 0.5) is 0 Å². The molecule has 2 aromatic carbocycles. The van der Waals surface area contributed by atoms with Gasteiger partial charge in [-0.15, -0.1) is 11.3 Å². The van der Waals surface area contributed by atoms with Gasteiger partial charge in [0.05, 0.1) is 21.7 Å². The lowest BCUT2D eigenvalue weighted by molar-refractivity contribution is 0.0627. The molecule has 0 radical (unpaired) electrons. The minimum Gasteiger partial charge on any atom is -0.336 e. The molecular formula is C24H25N5OS2. The van der Waals surface area contributed by atoms with E-state index in [-0.39, 0.29) is 5.91 Å². The number of benzene rings is 2. The maximum absolute atomic E-state index is 12.9. The van der Waals surface area contributed by atoms with Gasteiger partial charge in [0.15, 0.2) is 5.16 Å². The molecule has 0 saturated carbocycles. The summed E-state index contributed by atoms with van der Waals surface area (Å²) in [5.74, 6) is 0.925. The van der Waals surface area contributed by atoms with E-state index in [1.54, 1.807) is 23.1 Å². The van der Waals surface area contributed by atoms with E-state index >= 15 is 0 Å². The molecule has 164 valence electrons. The lowest BCUT2D eigenvalue weighted by Gasteiger charge is -2.34. The Morgan fingerprint density at radius 3 is 2.56 bits per heavy atom. The second kappa shape index (κ2) is 9.44. The number of carbonyl (C=O) groups is 1. The zero-order chi connectivity index (χ0) is 21.9. The Bertz CT molecular complexity index is 1180. The molecule has 8 heteroatoms. The lowest BCUT2D eigenvalue weighted by atomic mass is 10.1. The average molecular weight is 464 g/mol. The van der Waals surface area contributed by atoms with Crippen molar-refractivity contribution >= 4 is 40.0 Å². The maximum atomic E-state index is 12.9. The summed E-state index contributed by atoms with van der Waals surface area (Å²) in [6, 6.07) is 16.0. The van der Waals surface area contributed by atoms with Crippen molar-refractivity contribution in [1.29, 1.82) is 0 Å². The van der Waals surface area contributed by atoms with Crippen LogP contribution >= 0.6 is 23.1 Å². The quantitative estimate of drug-likeness (QED) is 0.424. The number of aromatic nitrogens is 3. The third kappa shape index (κ3) is 4.87. The first-order chi connectivity index (χ1) is 15.6. The van der Waals surface area contributed by atoms with E-state index in [0.717, 1.165) is 70.9 Å². The van der Waals surface area contributed by atoms with Gasteiger partial charge >= 0.3 is 0 Å². The summed E-state index contributed by atoms with van der Waals surface area (Å²) in [5, 5.41) is 4.14. The fraction of sp³-hybridized carbons (Fsp3) is 0.292. The molecule has 0 unspecified atom stereocenters. The second-order valence-corrected chi connectivity index (χ2v) is 10.00. The molecule has 1 amide bonds. The summed E-state index contributed by atoms with van der Waals surface area (Å²) < 4.78 is 0. The molecule has 1 aliphatic heterocycles. The number of carbonyl (C=O) groups excluding carboxylic acids is 1. The van der Waals surface area contributed by atoms with Gasteiger partial charge in [-0.3, -0.25) is 9.69 Å². The van der Waals surface area contributed by atoms with Crippen LogP contribution in [-0.2, 0) is 12.3 Å². The largest absolute Gasteiger partial charge is 0.336 e. The van der Waals surface area contributed by atoms with E-state index in [1.165, 1.54) is 5.56 Å². The summed E-state index contributed by atoms with van der Waals surface area (Å²) in [6.45, 7) is 6.18. The molecule has 6 nitrogen and oxygen atoms in total. The number of para-hydroxylation sites is 2. The number of aromatic amines is 1. The van der Waals surface area contributed by atoms with Gasteiger partial charge in [-0.2, -0.15) is 0 Å². The minimum absolute atomic E-state index is 0.116. The Kier molecular flexibility index (Phi) is 6.25. The lowest BCUT2D eigenvalue weighted by Crippen LogP contribution is -2.48. The fourth-order valence-corrected chi connectivity index (χ4v) is 5.34. The number of nitrogens with one attached hydrogen (secondary N) is 1. The zero-order valence-corrected chi connectivity index (χ0v) is 19.6. The number of hydrogen-bond donors (Lipinski definition) is 1. The number of imidazole rings is 1. The molecule has 0 spiro atoms. The van der Waals surface area contributed by atoms with Crippen LogP contribution in [0.5, 0.6) is 0 Å². The highest BCUT2D eigenvalue weighted by atomic mass is 32.2. The van der Waals surface area contributed by atoms with Crippen LogP contribution in [0.25, 0.3) is 11.0 Å². The van der Waals surface area contributed by atoms with Crippen LogP contribution in [0.3, 0.4) is 0 Å². The first kappa shape index (κ1) is 21.2. The van der Waals surface area contributed by atoms with Crippen LogP contribution < -0.4 is 0 Å². The monoisotopic (exact) mass is 463 g/mol. The van der Waals surface area contributed by atoms with E-state index < -0.39 is 0 Å². The molecule has 0 atom stereocenters. The smallest absolute Gasteiger partial charge is 0.253 e. The van der Waals surface area contributed by atoms with Crippen molar-refractivity contribution in [3.8, 4) is 0 Å². The van der Waals surface area contributed by atoms with Gasteiger partial charge < -0.3 is 9.88 Å². The molecule has 4 aromatic rings. The van der Waals surface area contributed by atoms with E-state index in [9.17, 15) is 4.79 Å². The molecule has 0 bridgehead atoms. The van der Waals surface area contributed by atoms with Crippen LogP contribution in [0.15, 0.2) is 59.1 Å². The number of thioether (sulfide) groups is 1. The van der Waals surface area contributed by atoms with Gasteiger partial charge in [0.2, 0.25) is 0 Å². The van der Waals surface area contributed by atoms with Gasteiger partial charge in [0.1, 0.15) is 0 Å². The Morgan fingerprint density at radius 1 is 1.06 bits per heavy atom. The predicted molar refractivity (Wildman–Crippen MR) is 130 cm³/mol. The van der Waals surface area contributed by atoms with Crippen molar-refractivity contribution in [2.24, 2.45) is 0 Å². The zero-order valence-electron chi connectivity index (χ0n) is 18.0. The molecule has 32 heavy (non-hydrogen) atoms. The third-order valence-corrected chi connectivity index (χ3v) is 7.42. The molecule has 1 saturated heterocycles. The van der Waals surface area contributed by atoms with Crippen LogP contribution in [0.2, 0.25) is 0 Å². The molecule has 0 aliphatic carbocycles. The average Bonchev–Trinajstić information content (AvgIpc) is 3.43. The van der Waals surface area contributed by atoms with Crippen molar-refractivity contribution < 1.29 is 4.79 Å². The molecule has 1 aliphatic rings. The van der Waals surface area contributed by atoms with Crippen molar-refractivity contribution in [1.82, 2.24) is 24.8 Å². The number of amides is 1. The fourth-order valence-electron chi connectivity index (χ4n) is 3.89. The summed E-state index contributed by atoms with van der Waals surface area (Å²) >= 11 is 3.36. The molecule has 3 heterocycles. The first-order valence-electron chi connectivity index (χ1n) is 10.7. The number of fused-ring (bicyclic) bond motifs is 1. The highest BCUT2D eigenvalue weighted by Crippen LogP contribution is 2.23. The first-order valence-corrected chi connectivity index (χ1v) is 12.6. The number of nitrogens with zero attached hydrogens (tertiary/aromatic N) is 4. The van der Waals surface area contributed by atoms with E-state index in [1.807, 2.05) is 60.4 Å². The Balaban J connectivity index is 1.13. The Labute approximate surface area is 195 Å². The summed E-state index contributed by atoms with van der Waals surface area (Å²) in [7, 11) is 0. The normalized spacial score (nSPS) is 14.8. The SMILES string of the molecule is Cc1nc(CN2CCN(C(=O)c3ccc(CSc4nc5ccccc5[nH]4)cc3)CC2)cs1. The maximum Gasteiger partial charge on any atom is 0.253 e. The number of thiazole rings is 1. The van der Waals surface area contributed by atoms with Gasteiger partial charge in [-0.05, 0) is 36.8 Å². The molecule has 5 rings (SSSR count). The molecule has 1 fully saturated rings. The number of rotatable bonds is 6. The van der Waals surface area contributed by atoms with Gasteiger partial charge in [-0.1, -0.05) is 36.0 Å². The molecular weight excluding hydrogens is 438 g/mol. The Morgan fingerprint density at radius 2 is 1.84 bits per heavy atom. The van der Waals surface area contributed by atoms with Crippen molar-refractivity contribution in [2.45, 2.75) is 24.4 Å². The standard InChI is InChI=1S/C24H25N5OS2/c1-17-25-20(16-31-17)14-28-10-12-29(13-11-28)23(30)19-8-6-18(7-9-19)15-32-24-26-21-4-2-3-5-22(21)27-24/h2-9,16H,10-15H2,1H3,(H,26,27). The Hall–Kier alpha value is -2.68. The highest BCUT2D eigenvalue weighted by molar-refractivity contribution is 7.98. The van der Waals surface area contributed by atoms with E-state index in [0.29, 0.717) is 0 Å². The number of aryl methyl sites for hydroxylation is 1. The minimum atomic E-state index is 0.116. The molecule has 2 aromatic heterocycles. The summed E-state index contributed by atoms with van der Waals surface area (Å²) in [5.41, 5.74) is 5.10. The van der Waals surface area contributed by atoms with E-state index in [4.69, 9.17) is 0 Å². The number of H-pyrrole nitrogens is 1. The predicted octanol–water partition coefficient (Wildman–Crippen LogP) is 4.58. The van der Waals surface area contributed by atoms with Gasteiger partial charge in [0.25, 0.3) is 5.91 Å². The topological polar surface area (TPSA) is 65.1 Å². The number of piperazine rings is 1. The second-order valence-electron chi connectivity index (χ2n) is 7.97. The van der Waals surface area contributed by atoms with Crippen molar-refractivity contribution in [3.05, 3.63) is 75.7 Å². The van der Waals surface area contributed by atoms with Crippen LogP contribution in [-0.4, -0.2) is 56.8 Å². The summed E-state index contributed by atoms with van der Waals surface area (Å²) in [6.07, 6.45) is 0. The third-order valence-electron chi connectivity index (χ3n) is 5.66. The van der Waals surface area contributed by atoms with Gasteiger partial charge in [-0.25, -0.2) is 9.97 Å². The van der Waals surface area contributed by atoms with E-state index in [2.05, 4.69) is 25.2 Å².